The SMILES string of the molecule is [Cl-].[Cl-].[Cl-].[Zr+3][C]1=[Bi][CH]=[CH][BiH]1. The average molecular weight is 655 g/mol. The molecule has 0 aromatic heterocycles. The molecule has 0 saturated carbocycles. The van der Waals surface area contributed by atoms with Crippen LogP contribution in [0.4, 0.5) is 0 Å². The van der Waals surface area contributed by atoms with Crippen molar-refractivity contribution in [2.45, 2.75) is 0 Å². The monoisotopic (exact) mass is 652 g/mol. The zero-order valence-corrected chi connectivity index (χ0v) is 16.3. The summed E-state index contributed by atoms with van der Waals surface area (Å²) in [6.07, 6.45) is 0. The van der Waals surface area contributed by atoms with Gasteiger partial charge < -0.3 is 37.2 Å². The van der Waals surface area contributed by atoms with E-state index in [9.17, 15) is 0 Å². The molecule has 0 spiro atoms. The molecule has 0 N–H and O–H groups in total. The number of halogens is 3. The van der Waals surface area contributed by atoms with Crippen LogP contribution in [0, 0.1) is 0 Å². The second-order valence-corrected chi connectivity index (χ2v) is 26.1. The molecule has 50 valence electrons. The van der Waals surface area contributed by atoms with Crippen LogP contribution in [0.3, 0.4) is 0 Å². The van der Waals surface area contributed by atoms with E-state index in [0.717, 1.165) is 0 Å². The van der Waals surface area contributed by atoms with Gasteiger partial charge in [0.25, 0.3) is 0 Å². The zero-order valence-electron chi connectivity index (χ0n) is 4.24. The zero-order chi connectivity index (χ0) is 4.41. The van der Waals surface area contributed by atoms with Crippen LogP contribution in [-0.4, -0.2) is 44.6 Å². The standard InChI is InChI=1S/C2H2.C.2Bi.3ClH.Zr.H/c1-2;;;;;;;;/h1-2H;;;;3*1H;;/q;;;;;;;+3;/p-3. The van der Waals surface area contributed by atoms with E-state index in [1.165, 1.54) is 0 Å². The Kier molecular flexibility index (Phi) is 22.3. The fourth-order valence-electron chi connectivity index (χ4n) is 0.265. The third-order valence-corrected chi connectivity index (χ3v) is 24.2. The average Bonchev–Trinajstić information content (AvgIpc) is 1.86. The molecule has 0 aliphatic carbocycles. The van der Waals surface area contributed by atoms with Gasteiger partial charge in [-0.2, -0.15) is 0 Å². The van der Waals surface area contributed by atoms with Crippen LogP contribution in [0.1, 0.15) is 0 Å². The van der Waals surface area contributed by atoms with Gasteiger partial charge in [-0.15, -0.1) is 0 Å². The van der Waals surface area contributed by atoms with Crippen LogP contribution in [-0.2, 0) is 24.7 Å². The molecule has 0 aromatic rings. The van der Waals surface area contributed by atoms with Gasteiger partial charge in [0, 0.05) is 0 Å². The molecule has 1 heterocycles. The Morgan fingerprint density at radius 2 is 1.89 bits per heavy atom. The number of rotatable bonds is 0. The summed E-state index contributed by atoms with van der Waals surface area (Å²) in [6.45, 7) is 0. The van der Waals surface area contributed by atoms with Crippen molar-refractivity contribution >= 4 is 44.6 Å². The first-order valence-electron chi connectivity index (χ1n) is 1.60. The first-order chi connectivity index (χ1) is 2.89. The number of hydrogen-bond donors (Lipinski definition) is 0. The summed E-state index contributed by atoms with van der Waals surface area (Å²) in [5.41, 5.74) is 0. The maximum atomic E-state index is 2.51. The van der Waals surface area contributed by atoms with Crippen molar-refractivity contribution in [3.05, 3.63) is 7.57 Å². The normalized spacial score (nSPS) is 12.4. The van der Waals surface area contributed by atoms with Crippen LogP contribution in [0.25, 0.3) is 0 Å². The fourth-order valence-corrected chi connectivity index (χ4v) is 18.4. The van der Waals surface area contributed by atoms with Gasteiger partial charge in [0.05, 0.1) is 0 Å². The van der Waals surface area contributed by atoms with Crippen molar-refractivity contribution in [2.24, 2.45) is 0 Å². The minimum atomic E-state index is -0.0835. The van der Waals surface area contributed by atoms with E-state index in [2.05, 4.69) is 6.19 Å². The molecule has 0 atom stereocenters. The first kappa shape index (κ1) is 18.0. The van der Waals surface area contributed by atoms with Gasteiger partial charge in [0.2, 0.25) is 0 Å². The molecule has 6 heteroatoms. The van der Waals surface area contributed by atoms with Crippen LogP contribution in [0.5, 0.6) is 0 Å². The minimum absolute atomic E-state index is 0. The van der Waals surface area contributed by atoms with Crippen molar-refractivity contribution in [3.8, 4) is 0 Å². The van der Waals surface area contributed by atoms with Gasteiger partial charge in [0.1, 0.15) is 0 Å². The summed E-state index contributed by atoms with van der Waals surface area (Å²) >= 11 is 1.73. The van der Waals surface area contributed by atoms with E-state index in [1.54, 1.807) is 24.7 Å². The molecule has 9 heavy (non-hydrogen) atoms. The molecule has 0 amide bonds. The van der Waals surface area contributed by atoms with E-state index in [-0.39, 0.29) is 83.2 Å². The molecule has 0 nitrogen and oxygen atoms in total. The fraction of sp³-hybridized carbons (Fsp3) is 0. The van der Waals surface area contributed by atoms with Crippen LogP contribution in [0.2, 0.25) is 0 Å². The molecular weight excluding hydrogens is 652 g/mol. The molecule has 0 bridgehead atoms. The Balaban J connectivity index is -0.000000120. The molecule has 0 radical (unpaired) electrons. The Labute approximate surface area is 112 Å². The van der Waals surface area contributed by atoms with Crippen molar-refractivity contribution < 1.29 is 61.9 Å². The Morgan fingerprint density at radius 1 is 1.33 bits per heavy atom. The van der Waals surface area contributed by atoms with Crippen molar-refractivity contribution in [1.29, 1.82) is 0 Å². The molecule has 0 aromatic carbocycles. The summed E-state index contributed by atoms with van der Waals surface area (Å²) in [4.78, 5) is 0. The predicted octanol–water partition coefficient (Wildman–Crippen LogP) is -9.74. The second-order valence-electron chi connectivity index (χ2n) is 0.938. The van der Waals surface area contributed by atoms with E-state index in [1.807, 2.05) is 0 Å². The Morgan fingerprint density at radius 3 is 2.00 bits per heavy atom. The summed E-state index contributed by atoms with van der Waals surface area (Å²) in [5, 5.41) is 0. The quantitative estimate of drug-likeness (QED) is 0.228. The Bertz CT molecular complexity index is 114. The van der Waals surface area contributed by atoms with Crippen LogP contribution in [0.15, 0.2) is 7.57 Å². The van der Waals surface area contributed by atoms with Gasteiger partial charge in [-0.25, -0.2) is 0 Å². The van der Waals surface area contributed by atoms with E-state index < -0.39 is 0 Å². The van der Waals surface area contributed by atoms with Gasteiger partial charge in [-0.05, 0) is 0 Å². The second kappa shape index (κ2) is 11.1. The van der Waals surface area contributed by atoms with E-state index >= 15 is 0 Å². The third-order valence-electron chi connectivity index (χ3n) is 0.498. The molecule has 1 rings (SSSR count). The van der Waals surface area contributed by atoms with Crippen LogP contribution < -0.4 is 37.2 Å². The molecule has 1 aliphatic rings. The summed E-state index contributed by atoms with van der Waals surface area (Å²) in [6, 6.07) is 0. The molecule has 0 unspecified atom stereocenters. The third kappa shape index (κ3) is 9.04. The predicted molar refractivity (Wildman–Crippen MR) is 27.0 cm³/mol. The summed E-state index contributed by atoms with van der Waals surface area (Å²) < 4.78 is 7.08. The molecule has 0 saturated heterocycles. The van der Waals surface area contributed by atoms with Gasteiger partial charge >= 0.3 is 76.9 Å². The first-order valence-corrected chi connectivity index (χ1v) is 10.8. The Hall–Kier alpha value is 3.13. The molecule has 0 fully saturated rings. The van der Waals surface area contributed by atoms with E-state index in [0.29, 0.717) is 0 Å². The van der Waals surface area contributed by atoms with Crippen LogP contribution >= 0.6 is 0 Å². The van der Waals surface area contributed by atoms with Gasteiger partial charge in [-0.3, -0.25) is 0 Å². The van der Waals surface area contributed by atoms with Crippen molar-refractivity contribution in [3.63, 3.8) is 0 Å². The summed E-state index contributed by atoms with van der Waals surface area (Å²) in [7, 11) is 0. The summed E-state index contributed by atoms with van der Waals surface area (Å²) in [5.74, 6) is 0. The molecule has 1 aliphatic heterocycles. The van der Waals surface area contributed by atoms with Gasteiger partial charge in [-0.1, -0.05) is 0 Å². The van der Waals surface area contributed by atoms with Crippen molar-refractivity contribution in [2.75, 3.05) is 0 Å². The van der Waals surface area contributed by atoms with E-state index in [4.69, 9.17) is 0 Å². The van der Waals surface area contributed by atoms with Crippen molar-refractivity contribution in [1.82, 2.24) is 0 Å². The van der Waals surface area contributed by atoms with Gasteiger partial charge in [0.15, 0.2) is 0 Å². The number of hydrogen-bond acceptors (Lipinski definition) is 0. The topological polar surface area (TPSA) is 0 Å². The maximum absolute atomic E-state index is 2.51. The molecular formula is C3H3Bi2Cl3Zr.